The molecule has 2 saturated carbocycles. The molecule has 2 aliphatic carbocycles. The fourth-order valence-electron chi connectivity index (χ4n) is 10.4. The number of ether oxygens (including phenoxy) is 5. The maximum Gasteiger partial charge on any atom is 0.488 e. The maximum absolute atomic E-state index is 15.2. The Hall–Kier alpha value is -6.64. The quantitative estimate of drug-likeness (QED) is 0.0842. The smallest absolute Gasteiger partial charge is 0.485 e. The van der Waals surface area contributed by atoms with E-state index in [-0.39, 0.29) is 59.5 Å². The molecule has 10 rings (SSSR count). The maximum atomic E-state index is 15.2. The Morgan fingerprint density at radius 2 is 1.12 bits per heavy atom. The Morgan fingerprint density at radius 1 is 0.616 bits per heavy atom. The van der Waals surface area contributed by atoms with Gasteiger partial charge in [-0.15, -0.1) is 0 Å². The van der Waals surface area contributed by atoms with Gasteiger partial charge in [-0.3, -0.25) is 14.6 Å². The second-order valence-electron chi connectivity index (χ2n) is 19.8. The summed E-state index contributed by atoms with van der Waals surface area (Å²) in [5, 5.41) is 17.4. The highest BCUT2D eigenvalue weighted by Crippen LogP contribution is 2.50. The number of nitrogens with zero attached hydrogens (tertiary/aromatic N) is 2. The van der Waals surface area contributed by atoms with Gasteiger partial charge in [0.15, 0.2) is 0 Å². The topological polar surface area (TPSA) is 147 Å². The zero-order chi connectivity index (χ0) is 51.9. The number of halogens is 2. The van der Waals surface area contributed by atoms with Crippen LogP contribution in [0, 0.1) is 49.2 Å². The average Bonchev–Trinajstić information content (AvgIpc) is 4.36. The summed E-state index contributed by atoms with van der Waals surface area (Å²) in [4.78, 5) is 32.4. The zero-order valence-corrected chi connectivity index (χ0v) is 42.6. The first-order chi connectivity index (χ1) is 35.1. The SMILES string of the molecule is COC(=O)[C@@H](C)[C@H](c1ccc2c(c1)OC(c1ccc(-c3ccnc(C)c3)cc1F)CC2)C1CC1.COC(=O)[C@@H](C)[C@H](c1ccc2c(c1)OC(c1ccc(C)cc1F)CC2)C1CC1.COc1cc(B(O)O)ccn1. The third kappa shape index (κ3) is 12.8. The van der Waals surface area contributed by atoms with E-state index in [4.69, 9.17) is 33.7 Å². The van der Waals surface area contributed by atoms with Crippen molar-refractivity contribution in [2.75, 3.05) is 21.3 Å². The third-order valence-electron chi connectivity index (χ3n) is 14.7. The van der Waals surface area contributed by atoms with E-state index >= 15 is 4.39 Å². The molecule has 2 N–H and O–H groups in total. The van der Waals surface area contributed by atoms with Crippen molar-refractivity contribution < 1.29 is 52.1 Å². The normalized spacial score (nSPS) is 18.2. The van der Waals surface area contributed by atoms with Crippen molar-refractivity contribution in [3.8, 4) is 28.5 Å². The third-order valence-corrected chi connectivity index (χ3v) is 14.7. The standard InChI is InChI=1S/C29H30FNO3.C24H27FO3.C6H8BNO3/c1-17-14-22(12-13-31-17)21-8-10-24(25(30)15-21)26-11-9-19-4-7-23(16-27(19)34-26)28(20-5-6-20)18(2)29(32)33-3;1-14-4-10-19(20(25)12-14)21-11-9-16-5-8-18(13-22(16)28-21)23(17-6-7-17)15(2)24(26)27-3;1-11-6-4-5(7(9)10)2-3-8-6/h4,7-8,10,12-16,18,20,26,28H,5-6,9,11H2,1-3H3;4-5,8,10,12-13,15,17,21,23H,6-7,9,11H2,1-3H3;2-4,9-10H,1H3/t18-,26?,28-;15-,21?,23-;/m00./s1. The molecule has 73 heavy (non-hydrogen) atoms. The van der Waals surface area contributed by atoms with Gasteiger partial charge in [-0.1, -0.05) is 62.4 Å². The number of fused-ring (bicyclic) bond motifs is 2. The molecule has 2 unspecified atom stereocenters. The minimum Gasteiger partial charge on any atom is -0.485 e. The van der Waals surface area contributed by atoms with Crippen LogP contribution in [0.25, 0.3) is 11.1 Å². The molecule has 0 bridgehead atoms. The Labute approximate surface area is 427 Å². The number of carbonyl (C=O) groups is 2. The molecular weight excluding hydrogens is 929 g/mol. The van der Waals surface area contributed by atoms with Gasteiger partial charge in [0.05, 0.1) is 33.2 Å². The van der Waals surface area contributed by atoms with Gasteiger partial charge in [0, 0.05) is 35.3 Å². The Balaban J connectivity index is 0.000000164. The second kappa shape index (κ2) is 23.5. The van der Waals surface area contributed by atoms with Gasteiger partial charge >= 0.3 is 19.1 Å². The van der Waals surface area contributed by atoms with Crippen molar-refractivity contribution in [3.63, 3.8) is 0 Å². The largest absolute Gasteiger partial charge is 0.488 e. The van der Waals surface area contributed by atoms with Crippen LogP contribution in [0.4, 0.5) is 8.78 Å². The first kappa shape index (κ1) is 52.7. The average molecular weight is 995 g/mol. The van der Waals surface area contributed by atoms with Crippen molar-refractivity contribution in [1.29, 1.82) is 0 Å². The molecule has 382 valence electrons. The van der Waals surface area contributed by atoms with Crippen LogP contribution in [0.2, 0.25) is 0 Å². The minimum atomic E-state index is -1.47. The number of benzene rings is 4. The lowest BCUT2D eigenvalue weighted by atomic mass is 9.81. The van der Waals surface area contributed by atoms with E-state index in [9.17, 15) is 14.0 Å². The molecule has 0 radical (unpaired) electrons. The lowest BCUT2D eigenvalue weighted by Gasteiger charge is -2.29. The van der Waals surface area contributed by atoms with Crippen LogP contribution in [0.15, 0.2) is 109 Å². The van der Waals surface area contributed by atoms with Crippen LogP contribution in [-0.2, 0) is 31.9 Å². The van der Waals surface area contributed by atoms with Gasteiger partial charge in [0.2, 0.25) is 5.88 Å². The summed E-state index contributed by atoms with van der Waals surface area (Å²) in [5.74, 6) is 2.02. The van der Waals surface area contributed by atoms with Gasteiger partial charge < -0.3 is 33.7 Å². The molecule has 2 fully saturated rings. The van der Waals surface area contributed by atoms with E-state index in [0.717, 1.165) is 108 Å². The van der Waals surface area contributed by atoms with Crippen molar-refractivity contribution in [3.05, 3.63) is 166 Å². The van der Waals surface area contributed by atoms with Crippen molar-refractivity contribution in [2.45, 2.75) is 103 Å². The molecule has 0 amide bonds. The monoisotopic (exact) mass is 994 g/mol. The van der Waals surface area contributed by atoms with Gasteiger partial charge in [-0.05, 0) is 176 Å². The van der Waals surface area contributed by atoms with E-state index in [1.54, 1.807) is 18.3 Å². The van der Waals surface area contributed by atoms with E-state index in [1.807, 2.05) is 64.1 Å². The van der Waals surface area contributed by atoms with E-state index in [1.165, 1.54) is 39.7 Å². The molecule has 4 heterocycles. The lowest BCUT2D eigenvalue weighted by Crippen LogP contribution is -2.29. The fourth-order valence-corrected chi connectivity index (χ4v) is 10.4. The highest BCUT2D eigenvalue weighted by molar-refractivity contribution is 6.58. The lowest BCUT2D eigenvalue weighted by molar-refractivity contribution is -0.146. The number of methoxy groups -OCH3 is 3. The molecule has 14 heteroatoms. The number of rotatable bonds is 13. The summed E-state index contributed by atoms with van der Waals surface area (Å²) >= 11 is 0. The first-order valence-electron chi connectivity index (χ1n) is 25.2. The molecular formula is C59H65BF2N2O9. The molecule has 11 nitrogen and oxygen atoms in total. The molecule has 4 aliphatic rings. The van der Waals surface area contributed by atoms with Gasteiger partial charge in [0.25, 0.3) is 0 Å². The molecule has 4 aromatic carbocycles. The van der Waals surface area contributed by atoms with E-state index < -0.39 is 7.12 Å². The number of hydrogen-bond donors (Lipinski definition) is 2. The van der Waals surface area contributed by atoms with Crippen LogP contribution in [0.5, 0.6) is 17.4 Å². The van der Waals surface area contributed by atoms with E-state index in [2.05, 4.69) is 46.4 Å². The Morgan fingerprint density at radius 3 is 1.59 bits per heavy atom. The van der Waals surface area contributed by atoms with Gasteiger partial charge in [-0.2, -0.15) is 0 Å². The molecule has 6 aromatic rings. The molecule has 2 aliphatic heterocycles. The summed E-state index contributed by atoms with van der Waals surface area (Å²) in [6.45, 7) is 7.70. The highest BCUT2D eigenvalue weighted by Gasteiger charge is 2.41. The van der Waals surface area contributed by atoms with Crippen LogP contribution in [0.1, 0.15) is 121 Å². The molecule has 6 atom stereocenters. The van der Waals surface area contributed by atoms with Crippen molar-refractivity contribution in [2.24, 2.45) is 23.7 Å². The fraction of sp³-hybridized carbons (Fsp3) is 0.390. The number of pyridine rings is 2. The first-order valence-corrected chi connectivity index (χ1v) is 25.2. The number of aromatic nitrogens is 2. The summed E-state index contributed by atoms with van der Waals surface area (Å²) in [6, 6.07) is 30.1. The van der Waals surface area contributed by atoms with Crippen LogP contribution in [0.3, 0.4) is 0 Å². The highest BCUT2D eigenvalue weighted by atomic mass is 19.1. The van der Waals surface area contributed by atoms with Gasteiger partial charge in [-0.25, -0.2) is 13.8 Å². The van der Waals surface area contributed by atoms with Gasteiger partial charge in [0.1, 0.15) is 35.3 Å². The predicted molar refractivity (Wildman–Crippen MR) is 276 cm³/mol. The zero-order valence-electron chi connectivity index (χ0n) is 42.6. The van der Waals surface area contributed by atoms with Crippen LogP contribution < -0.4 is 19.7 Å². The Kier molecular flexibility index (Phi) is 17.0. The molecule has 0 saturated heterocycles. The van der Waals surface area contributed by atoms with Crippen LogP contribution >= 0.6 is 0 Å². The summed E-state index contributed by atoms with van der Waals surface area (Å²) in [5.41, 5.74) is 9.63. The summed E-state index contributed by atoms with van der Waals surface area (Å²) in [6.07, 6.45) is 10.3. The summed E-state index contributed by atoms with van der Waals surface area (Å²) in [7, 11) is 2.89. The number of esters is 2. The van der Waals surface area contributed by atoms with Crippen molar-refractivity contribution >= 4 is 24.5 Å². The summed E-state index contributed by atoms with van der Waals surface area (Å²) < 4.78 is 57.0. The number of aryl methyl sites for hydroxylation is 4. The second-order valence-corrected chi connectivity index (χ2v) is 19.8. The van der Waals surface area contributed by atoms with E-state index in [0.29, 0.717) is 34.3 Å². The predicted octanol–water partition coefficient (Wildman–Crippen LogP) is 10.8. The molecule has 2 aromatic heterocycles. The van der Waals surface area contributed by atoms with Crippen LogP contribution in [-0.4, -0.2) is 60.4 Å². The minimum absolute atomic E-state index is 0.113. The number of hydrogen-bond acceptors (Lipinski definition) is 11. The molecule has 0 spiro atoms. The van der Waals surface area contributed by atoms with Crippen molar-refractivity contribution in [1.82, 2.24) is 9.97 Å². The Bertz CT molecular complexity index is 2910. The number of carbonyl (C=O) groups excluding carboxylic acids is 2.